The lowest BCUT2D eigenvalue weighted by Crippen LogP contribution is -2.68. The highest BCUT2D eigenvalue weighted by Crippen LogP contribution is 2.54. The van der Waals surface area contributed by atoms with Gasteiger partial charge >= 0.3 is 11.9 Å². The largest absolute Gasteiger partial charge is 0.472 e. The summed E-state index contributed by atoms with van der Waals surface area (Å²) in [5.74, 6) is 0.330. The van der Waals surface area contributed by atoms with Crippen LogP contribution in [0.1, 0.15) is 63.5 Å². The number of esters is 2. The molecule has 1 amide bonds. The van der Waals surface area contributed by atoms with Crippen molar-refractivity contribution < 1.29 is 28.3 Å². The zero-order valence-corrected chi connectivity index (χ0v) is 22.1. The van der Waals surface area contributed by atoms with Crippen molar-refractivity contribution in [3.05, 3.63) is 60.1 Å². The molecular weight excluding hydrogens is 484 g/mol. The van der Waals surface area contributed by atoms with Gasteiger partial charge in [-0.1, -0.05) is 12.1 Å². The van der Waals surface area contributed by atoms with Crippen molar-refractivity contribution in [1.29, 1.82) is 0 Å². The molecule has 2 heterocycles. The maximum atomic E-state index is 12.8. The number of amides is 1. The van der Waals surface area contributed by atoms with Gasteiger partial charge in [0.25, 0.3) is 0 Å². The van der Waals surface area contributed by atoms with Crippen LogP contribution in [0.2, 0.25) is 0 Å². The average Bonchev–Trinajstić information content (AvgIpc) is 3.52. The molecule has 1 N–H and O–H groups in total. The lowest BCUT2D eigenvalue weighted by atomic mass is 9.55. The van der Waals surface area contributed by atoms with Crippen LogP contribution < -0.4 is 10.1 Å². The van der Waals surface area contributed by atoms with E-state index >= 15 is 0 Å². The molecule has 2 saturated carbocycles. The van der Waals surface area contributed by atoms with Gasteiger partial charge in [0.2, 0.25) is 5.91 Å². The predicted octanol–water partition coefficient (Wildman–Crippen LogP) is 4.24. The van der Waals surface area contributed by atoms with E-state index < -0.39 is 11.0 Å². The minimum absolute atomic E-state index is 0.104. The quantitative estimate of drug-likeness (QED) is 0.316. The number of furan rings is 1. The van der Waals surface area contributed by atoms with E-state index in [-0.39, 0.29) is 23.9 Å². The Hall–Kier alpha value is -3.39. The van der Waals surface area contributed by atoms with Crippen molar-refractivity contribution in [3.8, 4) is 5.75 Å². The summed E-state index contributed by atoms with van der Waals surface area (Å²) in [6.45, 7) is 5.41. The molecule has 1 aliphatic heterocycles. The molecule has 0 unspecified atom stereocenters. The van der Waals surface area contributed by atoms with Crippen LogP contribution in [0.25, 0.3) is 6.08 Å². The van der Waals surface area contributed by atoms with Crippen molar-refractivity contribution in [2.24, 2.45) is 5.92 Å². The van der Waals surface area contributed by atoms with Gasteiger partial charge in [0, 0.05) is 50.0 Å². The third kappa shape index (κ3) is 5.70. The molecular formula is C30H36N2O6. The normalized spacial score (nSPS) is 27.5. The lowest BCUT2D eigenvalue weighted by molar-refractivity contribution is -0.187. The highest BCUT2D eigenvalue weighted by molar-refractivity contribution is 5.91. The third-order valence-corrected chi connectivity index (χ3v) is 8.21. The van der Waals surface area contributed by atoms with E-state index in [1.165, 1.54) is 32.8 Å². The molecule has 202 valence electrons. The molecule has 1 aromatic carbocycles. The van der Waals surface area contributed by atoms with E-state index in [9.17, 15) is 14.4 Å². The van der Waals surface area contributed by atoms with E-state index in [4.69, 9.17) is 13.9 Å². The highest BCUT2D eigenvalue weighted by Gasteiger charge is 2.61. The van der Waals surface area contributed by atoms with Gasteiger partial charge in [0.1, 0.15) is 11.4 Å². The summed E-state index contributed by atoms with van der Waals surface area (Å²) in [6.07, 6.45) is 11.6. The lowest BCUT2D eigenvalue weighted by Gasteiger charge is -2.59. The summed E-state index contributed by atoms with van der Waals surface area (Å²) in [5.41, 5.74) is 0.504. The molecule has 1 saturated heterocycles. The first kappa shape index (κ1) is 26.2. The van der Waals surface area contributed by atoms with Crippen LogP contribution in [0.4, 0.5) is 0 Å². The van der Waals surface area contributed by atoms with Gasteiger partial charge < -0.3 is 19.2 Å². The predicted molar refractivity (Wildman–Crippen MR) is 141 cm³/mol. The number of likely N-dealkylation sites (tertiary alicyclic amines) is 1. The number of fused-ring (bicyclic) bond motifs is 1. The maximum Gasteiger partial charge on any atom is 0.308 e. The molecule has 8 nitrogen and oxygen atoms in total. The smallest absolute Gasteiger partial charge is 0.308 e. The Bertz CT molecular complexity index is 1200. The Labute approximate surface area is 223 Å². The first-order valence-electron chi connectivity index (χ1n) is 13.5. The molecule has 2 aromatic rings. The Balaban J connectivity index is 1.47. The Morgan fingerprint density at radius 3 is 2.68 bits per heavy atom. The minimum atomic E-state index is -0.741. The van der Waals surface area contributed by atoms with Crippen molar-refractivity contribution in [1.82, 2.24) is 10.2 Å². The first-order valence-corrected chi connectivity index (χ1v) is 13.5. The Morgan fingerprint density at radius 1 is 1.13 bits per heavy atom. The van der Waals surface area contributed by atoms with Gasteiger partial charge in [0.05, 0.1) is 12.5 Å². The molecule has 1 aromatic heterocycles. The number of carbonyl (C=O) groups is 3. The van der Waals surface area contributed by atoms with Crippen molar-refractivity contribution in [2.45, 2.75) is 69.4 Å². The third-order valence-electron chi connectivity index (χ3n) is 8.21. The van der Waals surface area contributed by atoms with Gasteiger partial charge in [-0.05, 0) is 80.8 Å². The van der Waals surface area contributed by atoms with E-state index in [0.717, 1.165) is 36.6 Å². The minimum Gasteiger partial charge on any atom is -0.472 e. The van der Waals surface area contributed by atoms with E-state index in [2.05, 4.69) is 10.2 Å². The highest BCUT2D eigenvalue weighted by atomic mass is 16.6. The first-order chi connectivity index (χ1) is 18.3. The summed E-state index contributed by atoms with van der Waals surface area (Å²) >= 11 is 0. The second-order valence-electron chi connectivity index (χ2n) is 11.1. The summed E-state index contributed by atoms with van der Waals surface area (Å²) < 4.78 is 16.8. The van der Waals surface area contributed by atoms with Crippen LogP contribution in [-0.2, 0) is 24.5 Å². The van der Waals surface area contributed by atoms with Gasteiger partial charge in [-0.3, -0.25) is 19.3 Å². The van der Waals surface area contributed by atoms with Crippen LogP contribution >= 0.6 is 0 Å². The second kappa shape index (κ2) is 10.8. The second-order valence-corrected chi connectivity index (χ2v) is 11.1. The molecule has 2 aliphatic carbocycles. The Kier molecular flexibility index (Phi) is 7.43. The molecule has 38 heavy (non-hydrogen) atoms. The van der Waals surface area contributed by atoms with E-state index in [1.807, 2.05) is 18.2 Å². The SMILES string of the molecule is CC(=O)Oc1cccc([C@@]23CCN(CC4CC4)C[C@@]2(OC(C)=O)CC[C@H](NC(=O)/C=C/c2ccoc2)C3)c1. The topological polar surface area (TPSA) is 98.1 Å². The van der Waals surface area contributed by atoms with E-state index in [1.54, 1.807) is 30.7 Å². The summed E-state index contributed by atoms with van der Waals surface area (Å²) in [7, 11) is 0. The number of piperidine rings is 1. The maximum absolute atomic E-state index is 12.8. The van der Waals surface area contributed by atoms with Gasteiger partial charge in [0.15, 0.2) is 0 Å². The zero-order chi connectivity index (χ0) is 26.8. The number of carbonyl (C=O) groups excluding carboxylic acids is 3. The fraction of sp³-hybridized carbons (Fsp3) is 0.500. The molecule has 8 heteroatoms. The Morgan fingerprint density at radius 2 is 1.97 bits per heavy atom. The molecule has 0 radical (unpaired) electrons. The van der Waals surface area contributed by atoms with Crippen LogP contribution in [0.15, 0.2) is 53.4 Å². The molecule has 5 rings (SSSR count). The molecule has 3 fully saturated rings. The van der Waals surface area contributed by atoms with Gasteiger partial charge in [-0.15, -0.1) is 0 Å². The number of nitrogens with zero attached hydrogens (tertiary/aromatic N) is 1. The molecule has 3 atom stereocenters. The number of benzene rings is 1. The molecule has 0 bridgehead atoms. The number of hydrogen-bond acceptors (Lipinski definition) is 7. The fourth-order valence-electron chi connectivity index (χ4n) is 6.45. The monoisotopic (exact) mass is 520 g/mol. The number of ether oxygens (including phenoxy) is 2. The number of nitrogens with one attached hydrogen (secondary N) is 1. The summed E-state index contributed by atoms with van der Waals surface area (Å²) in [6, 6.07) is 9.27. The fourth-order valence-corrected chi connectivity index (χ4v) is 6.45. The van der Waals surface area contributed by atoms with Gasteiger partial charge in [-0.2, -0.15) is 0 Å². The number of hydrogen-bond donors (Lipinski definition) is 1. The number of rotatable bonds is 8. The average molecular weight is 521 g/mol. The van der Waals surface area contributed by atoms with E-state index in [0.29, 0.717) is 31.6 Å². The van der Waals surface area contributed by atoms with Crippen LogP contribution in [0, 0.1) is 5.92 Å². The summed E-state index contributed by atoms with van der Waals surface area (Å²) in [4.78, 5) is 39.5. The standard InChI is InChI=1S/C30H36N2O6/c1-21(33)37-27-5-3-4-25(16-27)29-13-14-32(18-23-6-7-23)20-30(29,38-22(2)34)12-10-26(17-29)31-28(35)9-8-24-11-15-36-19-24/h3-5,8-9,11,15-16,19,23,26H,6-7,10,12-14,17-18,20H2,1-2H3,(H,31,35)/b9-8+/t26-,29-,30-/m0/s1. The van der Waals surface area contributed by atoms with Crippen molar-refractivity contribution >= 4 is 23.9 Å². The van der Waals surface area contributed by atoms with Crippen molar-refractivity contribution in [2.75, 3.05) is 19.6 Å². The van der Waals surface area contributed by atoms with Crippen LogP contribution in [-0.4, -0.2) is 54.0 Å². The van der Waals surface area contributed by atoms with Crippen molar-refractivity contribution in [3.63, 3.8) is 0 Å². The zero-order valence-electron chi connectivity index (χ0n) is 22.1. The van der Waals surface area contributed by atoms with Crippen LogP contribution in [0.3, 0.4) is 0 Å². The molecule has 0 spiro atoms. The summed E-state index contributed by atoms with van der Waals surface area (Å²) in [5, 5.41) is 3.18. The molecule has 3 aliphatic rings. The van der Waals surface area contributed by atoms with Gasteiger partial charge in [-0.25, -0.2) is 0 Å². The van der Waals surface area contributed by atoms with Crippen LogP contribution in [0.5, 0.6) is 5.75 Å².